The number of hydrogen-bond acceptors (Lipinski definition) is 5. The third-order valence-corrected chi connectivity index (χ3v) is 1.81. The third kappa shape index (κ3) is 13.8. The standard InChI is InChI=1S/C10H22O4.H3N/c1-2-3-4-10(12)9-14-8-7-13-6-5-11;/h10-12H,2-9H2,1H3;1H3. The van der Waals surface area contributed by atoms with Crippen LogP contribution in [0.4, 0.5) is 0 Å². The van der Waals surface area contributed by atoms with Gasteiger partial charge in [-0.3, -0.25) is 0 Å². The van der Waals surface area contributed by atoms with Crippen molar-refractivity contribution in [3.05, 3.63) is 0 Å². The minimum atomic E-state index is -0.354. The van der Waals surface area contributed by atoms with Gasteiger partial charge in [0, 0.05) is 0 Å². The van der Waals surface area contributed by atoms with Crippen LogP contribution < -0.4 is 6.15 Å². The van der Waals surface area contributed by atoms with Crippen LogP contribution in [0.25, 0.3) is 0 Å². The molecule has 0 rings (SSSR count). The maximum absolute atomic E-state index is 9.38. The maximum Gasteiger partial charge on any atom is 0.0773 e. The van der Waals surface area contributed by atoms with Crippen LogP contribution in [-0.2, 0) is 9.47 Å². The van der Waals surface area contributed by atoms with E-state index in [1.165, 1.54) is 0 Å². The molecule has 1 unspecified atom stereocenters. The Morgan fingerprint density at radius 1 is 1.13 bits per heavy atom. The molecule has 5 N–H and O–H groups in total. The third-order valence-electron chi connectivity index (χ3n) is 1.81. The van der Waals surface area contributed by atoms with Gasteiger partial charge in [0.1, 0.15) is 0 Å². The Labute approximate surface area is 92.0 Å². The van der Waals surface area contributed by atoms with Crippen LogP contribution in [0.2, 0.25) is 0 Å². The Hall–Kier alpha value is -0.200. The number of hydrogen-bond donors (Lipinski definition) is 3. The fraction of sp³-hybridized carbons (Fsp3) is 1.00. The van der Waals surface area contributed by atoms with E-state index >= 15 is 0 Å². The van der Waals surface area contributed by atoms with Crippen molar-refractivity contribution < 1.29 is 19.7 Å². The van der Waals surface area contributed by atoms with Crippen LogP contribution in [0.15, 0.2) is 0 Å². The Bertz CT molecular complexity index is 114. The van der Waals surface area contributed by atoms with E-state index < -0.39 is 0 Å². The predicted molar refractivity (Wildman–Crippen MR) is 59.3 cm³/mol. The summed E-state index contributed by atoms with van der Waals surface area (Å²) in [5, 5.41) is 17.8. The summed E-state index contributed by atoms with van der Waals surface area (Å²) >= 11 is 0. The van der Waals surface area contributed by atoms with Crippen LogP contribution in [0.5, 0.6) is 0 Å². The number of aliphatic hydroxyl groups excluding tert-OH is 2. The van der Waals surface area contributed by atoms with Gasteiger partial charge in [0.15, 0.2) is 0 Å². The second-order valence-corrected chi connectivity index (χ2v) is 3.21. The van der Waals surface area contributed by atoms with Crippen molar-refractivity contribution in [3.63, 3.8) is 0 Å². The Balaban J connectivity index is 0. The summed E-state index contributed by atoms with van der Waals surface area (Å²) in [6.07, 6.45) is 2.57. The molecule has 0 saturated heterocycles. The summed E-state index contributed by atoms with van der Waals surface area (Å²) in [6.45, 7) is 3.81. The minimum absolute atomic E-state index is 0. The van der Waals surface area contributed by atoms with Crippen molar-refractivity contribution in [1.29, 1.82) is 0 Å². The quantitative estimate of drug-likeness (QED) is 0.474. The van der Waals surface area contributed by atoms with Crippen molar-refractivity contribution >= 4 is 0 Å². The second kappa shape index (κ2) is 13.8. The molecule has 0 bridgehead atoms. The molecule has 0 aromatic carbocycles. The lowest BCUT2D eigenvalue weighted by Gasteiger charge is -2.10. The monoisotopic (exact) mass is 223 g/mol. The Morgan fingerprint density at radius 3 is 2.40 bits per heavy atom. The van der Waals surface area contributed by atoms with Gasteiger partial charge in [-0.05, 0) is 6.42 Å². The molecule has 1 atom stereocenters. The van der Waals surface area contributed by atoms with E-state index in [0.29, 0.717) is 26.4 Å². The molecule has 5 heteroatoms. The fourth-order valence-electron chi connectivity index (χ4n) is 1.03. The minimum Gasteiger partial charge on any atom is -0.394 e. The largest absolute Gasteiger partial charge is 0.394 e. The van der Waals surface area contributed by atoms with Crippen molar-refractivity contribution in [2.75, 3.05) is 33.0 Å². The molecule has 0 aromatic rings. The lowest BCUT2D eigenvalue weighted by molar-refractivity contribution is -0.00454. The lowest BCUT2D eigenvalue weighted by Crippen LogP contribution is -2.17. The first-order valence-corrected chi connectivity index (χ1v) is 5.25. The molecule has 0 fully saturated rings. The van der Waals surface area contributed by atoms with Gasteiger partial charge < -0.3 is 25.8 Å². The molecule has 0 amide bonds. The summed E-state index contributed by atoms with van der Waals surface area (Å²) in [6, 6.07) is 0. The summed E-state index contributed by atoms with van der Waals surface area (Å²) in [4.78, 5) is 0. The van der Waals surface area contributed by atoms with Crippen molar-refractivity contribution in [2.45, 2.75) is 32.3 Å². The molecular weight excluding hydrogens is 198 g/mol. The highest BCUT2D eigenvalue weighted by molar-refractivity contribution is 4.52. The van der Waals surface area contributed by atoms with Gasteiger partial charge in [0.25, 0.3) is 0 Å². The molecule has 0 heterocycles. The van der Waals surface area contributed by atoms with Gasteiger partial charge in [-0.15, -0.1) is 0 Å². The topological polar surface area (TPSA) is 93.9 Å². The Morgan fingerprint density at radius 2 is 1.80 bits per heavy atom. The van der Waals surface area contributed by atoms with E-state index in [4.69, 9.17) is 14.6 Å². The molecule has 15 heavy (non-hydrogen) atoms. The molecule has 0 aromatic heterocycles. The normalized spacial score (nSPS) is 12.2. The van der Waals surface area contributed by atoms with Crippen LogP contribution in [0.3, 0.4) is 0 Å². The molecule has 0 aliphatic carbocycles. The highest BCUT2D eigenvalue weighted by Crippen LogP contribution is 2.00. The van der Waals surface area contributed by atoms with Crippen LogP contribution in [0.1, 0.15) is 26.2 Å². The van der Waals surface area contributed by atoms with Gasteiger partial charge in [-0.2, -0.15) is 0 Å². The molecule has 0 radical (unpaired) electrons. The molecule has 94 valence electrons. The lowest BCUT2D eigenvalue weighted by atomic mass is 10.2. The van der Waals surface area contributed by atoms with E-state index in [9.17, 15) is 5.11 Å². The van der Waals surface area contributed by atoms with E-state index in [-0.39, 0.29) is 18.9 Å². The van der Waals surface area contributed by atoms with Gasteiger partial charge in [-0.25, -0.2) is 0 Å². The zero-order chi connectivity index (χ0) is 10.6. The van der Waals surface area contributed by atoms with Crippen LogP contribution >= 0.6 is 0 Å². The first-order valence-electron chi connectivity index (χ1n) is 5.25. The van der Waals surface area contributed by atoms with Crippen molar-refractivity contribution in [3.8, 4) is 0 Å². The number of rotatable bonds is 10. The summed E-state index contributed by atoms with van der Waals surface area (Å²) in [5.41, 5.74) is 0. The highest BCUT2D eigenvalue weighted by atomic mass is 16.5. The summed E-state index contributed by atoms with van der Waals surface area (Å²) in [5.74, 6) is 0. The number of ether oxygens (including phenoxy) is 2. The SMILES string of the molecule is CCCCC(O)COCCOCCO.N. The highest BCUT2D eigenvalue weighted by Gasteiger charge is 2.02. The van der Waals surface area contributed by atoms with Crippen LogP contribution in [-0.4, -0.2) is 49.4 Å². The molecule has 5 nitrogen and oxygen atoms in total. The maximum atomic E-state index is 9.38. The van der Waals surface area contributed by atoms with Gasteiger partial charge in [0.2, 0.25) is 0 Å². The second-order valence-electron chi connectivity index (χ2n) is 3.21. The molecule has 0 saturated carbocycles. The summed E-state index contributed by atoms with van der Waals surface area (Å²) < 4.78 is 10.2. The number of aliphatic hydroxyl groups is 2. The smallest absolute Gasteiger partial charge is 0.0773 e. The zero-order valence-corrected chi connectivity index (χ0v) is 9.65. The zero-order valence-electron chi connectivity index (χ0n) is 9.65. The van der Waals surface area contributed by atoms with Gasteiger partial charge in [-0.1, -0.05) is 19.8 Å². The molecule has 0 aliphatic rings. The van der Waals surface area contributed by atoms with E-state index in [1.54, 1.807) is 0 Å². The molecule has 0 aliphatic heterocycles. The first-order chi connectivity index (χ1) is 6.81. The molecular formula is C10H25NO4. The Kier molecular flexibility index (Phi) is 15.8. The first kappa shape index (κ1) is 17.2. The molecule has 0 spiro atoms. The number of unbranched alkanes of at least 4 members (excludes halogenated alkanes) is 1. The fourth-order valence-corrected chi connectivity index (χ4v) is 1.03. The van der Waals surface area contributed by atoms with Crippen LogP contribution in [0, 0.1) is 0 Å². The van der Waals surface area contributed by atoms with Gasteiger partial charge >= 0.3 is 0 Å². The average molecular weight is 223 g/mol. The predicted octanol–water partition coefficient (Wildman–Crippen LogP) is 0.725. The van der Waals surface area contributed by atoms with Crippen molar-refractivity contribution in [1.82, 2.24) is 6.15 Å². The average Bonchev–Trinajstić information content (AvgIpc) is 2.20. The van der Waals surface area contributed by atoms with E-state index in [1.807, 2.05) is 0 Å². The van der Waals surface area contributed by atoms with E-state index in [0.717, 1.165) is 19.3 Å². The summed E-state index contributed by atoms with van der Waals surface area (Å²) in [7, 11) is 0. The van der Waals surface area contributed by atoms with Crippen molar-refractivity contribution in [2.24, 2.45) is 0 Å². The van der Waals surface area contributed by atoms with E-state index in [2.05, 4.69) is 6.92 Å². The van der Waals surface area contributed by atoms with Gasteiger partial charge in [0.05, 0.1) is 39.1 Å².